The van der Waals surface area contributed by atoms with Crippen LogP contribution in [0.1, 0.15) is 0 Å². The molecule has 0 amide bonds. The van der Waals surface area contributed by atoms with Crippen LogP contribution in [-0.4, -0.2) is 33.6 Å². The van der Waals surface area contributed by atoms with Crippen LogP contribution in [0.4, 0.5) is 5.82 Å². The lowest BCUT2D eigenvalue weighted by atomic mass is 10.6. The van der Waals surface area contributed by atoms with Crippen molar-refractivity contribution in [1.29, 1.82) is 0 Å². The Morgan fingerprint density at radius 2 is 1.80 bits per heavy atom. The molecule has 0 saturated heterocycles. The lowest BCUT2D eigenvalue weighted by Gasteiger charge is -1.93. The Balaban J connectivity index is 0.000000195. The fraction of sp³-hybridized carbons (Fsp3) is 0.143. The number of hydrogen-bond donors (Lipinski definition) is 2. The maximum atomic E-state index is 9.19. The van der Waals surface area contributed by atoms with E-state index in [2.05, 4.69) is 9.97 Å². The summed E-state index contributed by atoms with van der Waals surface area (Å²) >= 11 is 0. The van der Waals surface area contributed by atoms with Gasteiger partial charge in [0.25, 0.3) is 10.1 Å². The number of imidazole rings is 1. The first-order valence-corrected chi connectivity index (χ1v) is 5.68. The average Bonchev–Trinajstić information content (AvgIpc) is 2.49. The molecule has 0 unspecified atom stereocenters. The highest BCUT2D eigenvalue weighted by Gasteiger charge is 1.95. The van der Waals surface area contributed by atoms with E-state index in [1.54, 1.807) is 18.6 Å². The van der Waals surface area contributed by atoms with Crippen LogP contribution in [0, 0.1) is 0 Å². The molecule has 0 aliphatic rings. The molecule has 2 aromatic rings. The lowest BCUT2D eigenvalue weighted by Crippen LogP contribution is -1.94. The summed E-state index contributed by atoms with van der Waals surface area (Å²) in [5.74, 6) is 0.465. The van der Waals surface area contributed by atoms with Crippen LogP contribution in [0.5, 0.6) is 0 Å². The molecule has 0 saturated carbocycles. The molecular formula is C7H10N4O3S. The van der Waals surface area contributed by atoms with Crippen molar-refractivity contribution in [1.82, 2.24) is 14.4 Å². The Labute approximate surface area is 86.3 Å². The molecule has 8 heteroatoms. The van der Waals surface area contributed by atoms with E-state index in [1.807, 2.05) is 10.6 Å². The highest BCUT2D eigenvalue weighted by Crippen LogP contribution is 2.04. The fourth-order valence-corrected chi connectivity index (χ4v) is 0.875. The number of aromatic nitrogens is 3. The van der Waals surface area contributed by atoms with Crippen molar-refractivity contribution in [2.45, 2.75) is 0 Å². The van der Waals surface area contributed by atoms with E-state index >= 15 is 0 Å². The number of rotatable bonds is 0. The van der Waals surface area contributed by atoms with E-state index in [0.29, 0.717) is 17.7 Å². The van der Waals surface area contributed by atoms with Gasteiger partial charge in [-0.15, -0.1) is 0 Å². The van der Waals surface area contributed by atoms with Gasteiger partial charge in [0.1, 0.15) is 0 Å². The van der Waals surface area contributed by atoms with E-state index in [4.69, 9.17) is 10.3 Å². The molecular weight excluding hydrogens is 220 g/mol. The smallest absolute Gasteiger partial charge is 0.261 e. The van der Waals surface area contributed by atoms with Gasteiger partial charge < -0.3 is 10.1 Å². The molecule has 0 aliphatic heterocycles. The standard InChI is InChI=1S/C6H6N4.CH4O3S/c7-5-6-9-2-4-10(6)3-1-8-5;1-5(2,3)4/h1-4H,(H2,7,8);1H3,(H,2,3,4). The van der Waals surface area contributed by atoms with Crippen LogP contribution in [0.2, 0.25) is 0 Å². The number of nitrogens with two attached hydrogens (primary N) is 1. The van der Waals surface area contributed by atoms with Crippen molar-refractivity contribution in [3.05, 3.63) is 24.8 Å². The van der Waals surface area contributed by atoms with E-state index in [9.17, 15) is 8.42 Å². The summed E-state index contributed by atoms with van der Waals surface area (Å²) < 4.78 is 27.7. The predicted molar refractivity (Wildman–Crippen MR) is 54.9 cm³/mol. The van der Waals surface area contributed by atoms with Gasteiger partial charge in [-0.25, -0.2) is 9.97 Å². The molecule has 15 heavy (non-hydrogen) atoms. The van der Waals surface area contributed by atoms with E-state index in [1.165, 1.54) is 0 Å². The Kier molecular flexibility index (Phi) is 3.22. The van der Waals surface area contributed by atoms with Crippen LogP contribution in [0.3, 0.4) is 0 Å². The summed E-state index contributed by atoms with van der Waals surface area (Å²) in [5.41, 5.74) is 6.22. The van der Waals surface area contributed by atoms with E-state index in [0.717, 1.165) is 0 Å². The van der Waals surface area contributed by atoms with E-state index in [-0.39, 0.29) is 0 Å². The van der Waals surface area contributed by atoms with Gasteiger partial charge >= 0.3 is 0 Å². The van der Waals surface area contributed by atoms with Crippen molar-refractivity contribution in [3.8, 4) is 0 Å². The first-order valence-electron chi connectivity index (χ1n) is 3.83. The van der Waals surface area contributed by atoms with E-state index < -0.39 is 10.1 Å². The zero-order valence-corrected chi connectivity index (χ0v) is 8.72. The van der Waals surface area contributed by atoms with Gasteiger partial charge in [-0.05, 0) is 0 Å². The van der Waals surface area contributed by atoms with Crippen LogP contribution < -0.4 is 5.73 Å². The first kappa shape index (κ1) is 11.4. The fourth-order valence-electron chi connectivity index (χ4n) is 0.875. The van der Waals surface area contributed by atoms with Gasteiger partial charge in [0.05, 0.1) is 6.26 Å². The average molecular weight is 230 g/mol. The topological polar surface area (TPSA) is 111 Å². The van der Waals surface area contributed by atoms with Crippen LogP contribution >= 0.6 is 0 Å². The van der Waals surface area contributed by atoms with Gasteiger partial charge in [0, 0.05) is 24.8 Å². The maximum Gasteiger partial charge on any atom is 0.261 e. The van der Waals surface area contributed by atoms with Crippen molar-refractivity contribution in [2.24, 2.45) is 0 Å². The number of hydrogen-bond acceptors (Lipinski definition) is 5. The highest BCUT2D eigenvalue weighted by molar-refractivity contribution is 7.85. The molecule has 3 N–H and O–H groups in total. The molecule has 0 bridgehead atoms. The normalized spacial score (nSPS) is 10.8. The number of nitrogens with zero attached hydrogens (tertiary/aromatic N) is 3. The summed E-state index contributed by atoms with van der Waals surface area (Å²) in [6, 6.07) is 0. The first-order chi connectivity index (χ1) is 6.88. The summed E-state index contributed by atoms with van der Waals surface area (Å²) in [7, 11) is -3.67. The van der Waals surface area contributed by atoms with Gasteiger partial charge in [0.15, 0.2) is 11.5 Å². The molecule has 0 radical (unpaired) electrons. The molecule has 0 spiro atoms. The predicted octanol–water partition coefficient (Wildman–Crippen LogP) is -0.185. The minimum atomic E-state index is -3.67. The van der Waals surface area contributed by atoms with Crippen molar-refractivity contribution in [2.75, 3.05) is 12.0 Å². The summed E-state index contributed by atoms with van der Waals surface area (Å²) in [5, 5.41) is 0. The molecule has 2 rings (SSSR count). The minimum absolute atomic E-state index is 0.465. The number of anilines is 1. The van der Waals surface area contributed by atoms with Crippen molar-refractivity contribution in [3.63, 3.8) is 0 Å². The Hall–Kier alpha value is -1.67. The SMILES string of the molecule is CS(=O)(=O)O.Nc1nccn2ccnc12. The van der Waals surface area contributed by atoms with Gasteiger partial charge in [-0.3, -0.25) is 4.55 Å². The number of nitrogen functional groups attached to an aromatic ring is 1. The molecule has 0 atom stereocenters. The molecule has 7 nitrogen and oxygen atoms in total. The van der Waals surface area contributed by atoms with Crippen LogP contribution in [-0.2, 0) is 10.1 Å². The number of fused-ring (bicyclic) bond motifs is 1. The molecule has 2 aromatic heterocycles. The van der Waals surface area contributed by atoms with Crippen LogP contribution in [0.15, 0.2) is 24.8 Å². The monoisotopic (exact) mass is 230 g/mol. The molecule has 0 fully saturated rings. The minimum Gasteiger partial charge on any atom is -0.381 e. The quantitative estimate of drug-likeness (QED) is 0.607. The Morgan fingerprint density at radius 1 is 1.33 bits per heavy atom. The van der Waals surface area contributed by atoms with Crippen molar-refractivity contribution >= 4 is 21.6 Å². The summed E-state index contributed by atoms with van der Waals surface area (Å²) in [6.45, 7) is 0. The Morgan fingerprint density at radius 3 is 2.27 bits per heavy atom. The summed E-state index contributed by atoms with van der Waals surface area (Å²) in [4.78, 5) is 7.87. The largest absolute Gasteiger partial charge is 0.381 e. The summed E-state index contributed by atoms with van der Waals surface area (Å²) in [6.07, 6.45) is 7.68. The third kappa shape index (κ3) is 3.92. The molecule has 0 aliphatic carbocycles. The van der Waals surface area contributed by atoms with Gasteiger partial charge in [-0.1, -0.05) is 0 Å². The zero-order chi connectivity index (χ0) is 11.5. The van der Waals surface area contributed by atoms with Gasteiger partial charge in [-0.2, -0.15) is 8.42 Å². The van der Waals surface area contributed by atoms with Crippen LogP contribution in [0.25, 0.3) is 5.65 Å². The third-order valence-corrected chi connectivity index (χ3v) is 1.34. The molecule has 2 heterocycles. The van der Waals surface area contributed by atoms with Gasteiger partial charge in [0.2, 0.25) is 0 Å². The second-order valence-corrected chi connectivity index (χ2v) is 4.17. The lowest BCUT2D eigenvalue weighted by molar-refractivity contribution is 0.490. The zero-order valence-electron chi connectivity index (χ0n) is 7.90. The molecule has 82 valence electrons. The third-order valence-electron chi connectivity index (χ3n) is 1.34. The maximum absolute atomic E-state index is 9.19. The second-order valence-electron chi connectivity index (χ2n) is 2.70. The second kappa shape index (κ2) is 4.24. The molecule has 0 aromatic carbocycles. The van der Waals surface area contributed by atoms with Crippen molar-refractivity contribution < 1.29 is 13.0 Å². The Bertz CT molecular complexity index is 540. The highest BCUT2D eigenvalue weighted by atomic mass is 32.2.